The van der Waals surface area contributed by atoms with E-state index in [0.29, 0.717) is 13.2 Å². The van der Waals surface area contributed by atoms with Crippen LogP contribution >= 0.6 is 0 Å². The van der Waals surface area contributed by atoms with E-state index in [2.05, 4.69) is 9.88 Å². The van der Waals surface area contributed by atoms with Gasteiger partial charge in [-0.2, -0.15) is 0 Å². The van der Waals surface area contributed by atoms with Gasteiger partial charge in [0.15, 0.2) is 0 Å². The lowest BCUT2D eigenvalue weighted by atomic mass is 10.1. The van der Waals surface area contributed by atoms with Gasteiger partial charge in [0.25, 0.3) is 0 Å². The quantitative estimate of drug-likeness (QED) is 0.672. The predicted molar refractivity (Wildman–Crippen MR) is 109 cm³/mol. The highest BCUT2D eigenvalue weighted by molar-refractivity contribution is 7.89. The lowest BCUT2D eigenvalue weighted by Gasteiger charge is -2.27. The van der Waals surface area contributed by atoms with Gasteiger partial charge in [0, 0.05) is 27.2 Å². The summed E-state index contributed by atoms with van der Waals surface area (Å²) in [5.74, 6) is 0.830. The van der Waals surface area contributed by atoms with E-state index >= 15 is 0 Å². The molecule has 146 valence electrons. The molecule has 2 heterocycles. The maximum atomic E-state index is 12.4. The Morgan fingerprint density at radius 1 is 1.00 bits per heavy atom. The van der Waals surface area contributed by atoms with Crippen LogP contribution in [-0.4, -0.2) is 63.1 Å². The minimum atomic E-state index is -3.48. The Bertz CT molecular complexity index is 1110. The van der Waals surface area contributed by atoms with Crippen LogP contribution in [0.5, 0.6) is 0 Å². The molecule has 0 bridgehead atoms. The number of hydrogen-bond donors (Lipinski definition) is 0. The molecule has 0 spiro atoms. The molecular weight excluding hydrogens is 376 g/mol. The number of benzene rings is 2. The van der Waals surface area contributed by atoms with Crippen LogP contribution in [0.4, 0.5) is 5.82 Å². The van der Waals surface area contributed by atoms with Crippen molar-refractivity contribution in [3.05, 3.63) is 48.7 Å². The fourth-order valence-electron chi connectivity index (χ4n) is 3.17. The van der Waals surface area contributed by atoms with Crippen LogP contribution in [0.15, 0.2) is 53.6 Å². The third kappa shape index (κ3) is 3.58. The minimum absolute atomic E-state index is 0.267. The van der Waals surface area contributed by atoms with E-state index in [0.717, 1.165) is 41.1 Å². The number of fused-ring (bicyclic) bond motifs is 1. The standard InChI is InChI=1S/C20H22N4O3S/c1-23(2)28(25,26)17-5-3-4-15(12-17)16-6-7-18-19(13-16)22-20(14-21-18)24-8-10-27-11-9-24/h3-7,12-14H,8-11H2,1-2H3. The smallest absolute Gasteiger partial charge is 0.242 e. The van der Waals surface area contributed by atoms with Crippen molar-refractivity contribution < 1.29 is 13.2 Å². The van der Waals surface area contributed by atoms with Gasteiger partial charge in [0.05, 0.1) is 35.3 Å². The first-order chi connectivity index (χ1) is 13.4. The molecule has 0 unspecified atom stereocenters. The SMILES string of the molecule is CN(C)S(=O)(=O)c1cccc(-c2ccc3ncc(N4CCOCC4)nc3c2)c1. The lowest BCUT2D eigenvalue weighted by Crippen LogP contribution is -2.36. The van der Waals surface area contributed by atoms with E-state index in [-0.39, 0.29) is 4.90 Å². The summed E-state index contributed by atoms with van der Waals surface area (Å²) in [6.45, 7) is 2.97. The monoisotopic (exact) mass is 398 g/mol. The molecule has 1 aliphatic rings. The number of aromatic nitrogens is 2. The van der Waals surface area contributed by atoms with Gasteiger partial charge in [-0.15, -0.1) is 0 Å². The summed E-state index contributed by atoms with van der Waals surface area (Å²) in [6, 6.07) is 12.8. The van der Waals surface area contributed by atoms with Crippen molar-refractivity contribution in [2.45, 2.75) is 4.90 Å². The van der Waals surface area contributed by atoms with Crippen LogP contribution in [0.1, 0.15) is 0 Å². The van der Waals surface area contributed by atoms with E-state index in [1.54, 1.807) is 24.4 Å². The Kier molecular flexibility index (Phi) is 5.01. The van der Waals surface area contributed by atoms with Gasteiger partial charge >= 0.3 is 0 Å². The number of rotatable bonds is 4. The van der Waals surface area contributed by atoms with Crippen molar-refractivity contribution in [3.8, 4) is 11.1 Å². The van der Waals surface area contributed by atoms with Crippen LogP contribution in [-0.2, 0) is 14.8 Å². The minimum Gasteiger partial charge on any atom is -0.378 e. The number of morpholine rings is 1. The summed E-state index contributed by atoms with van der Waals surface area (Å²) in [4.78, 5) is 11.7. The molecule has 7 nitrogen and oxygen atoms in total. The molecule has 1 saturated heterocycles. The average Bonchev–Trinajstić information content (AvgIpc) is 2.73. The molecule has 3 aromatic rings. The molecule has 0 atom stereocenters. The zero-order chi connectivity index (χ0) is 19.7. The summed E-state index contributed by atoms with van der Waals surface area (Å²) in [5, 5.41) is 0. The van der Waals surface area contributed by atoms with E-state index in [1.165, 1.54) is 18.4 Å². The third-order valence-corrected chi connectivity index (χ3v) is 6.62. The molecule has 0 aliphatic carbocycles. The van der Waals surface area contributed by atoms with Crippen LogP contribution < -0.4 is 4.90 Å². The molecule has 28 heavy (non-hydrogen) atoms. The summed E-state index contributed by atoms with van der Waals surface area (Å²) < 4.78 is 31.5. The van der Waals surface area contributed by atoms with E-state index < -0.39 is 10.0 Å². The molecule has 8 heteroatoms. The first-order valence-electron chi connectivity index (χ1n) is 9.07. The first kappa shape index (κ1) is 18.8. The summed E-state index contributed by atoms with van der Waals surface area (Å²) in [5.41, 5.74) is 3.31. The van der Waals surface area contributed by atoms with E-state index in [9.17, 15) is 8.42 Å². The van der Waals surface area contributed by atoms with Gasteiger partial charge in [-0.3, -0.25) is 4.98 Å². The Morgan fingerprint density at radius 2 is 1.75 bits per heavy atom. The Balaban J connectivity index is 1.73. The Morgan fingerprint density at radius 3 is 2.50 bits per heavy atom. The van der Waals surface area contributed by atoms with Gasteiger partial charge in [0.2, 0.25) is 10.0 Å². The number of sulfonamides is 1. The van der Waals surface area contributed by atoms with Crippen molar-refractivity contribution >= 4 is 26.9 Å². The van der Waals surface area contributed by atoms with E-state index in [1.807, 2.05) is 24.3 Å². The first-order valence-corrected chi connectivity index (χ1v) is 10.5. The molecule has 4 rings (SSSR count). The highest BCUT2D eigenvalue weighted by atomic mass is 32.2. The predicted octanol–water partition coefficient (Wildman–Crippen LogP) is 2.38. The summed E-state index contributed by atoms with van der Waals surface area (Å²) in [6.07, 6.45) is 1.79. The zero-order valence-corrected chi connectivity index (χ0v) is 16.7. The molecular formula is C20H22N4O3S. The van der Waals surface area contributed by atoms with Crippen LogP contribution in [0.2, 0.25) is 0 Å². The van der Waals surface area contributed by atoms with Crippen molar-refractivity contribution in [2.75, 3.05) is 45.3 Å². The number of nitrogens with zero attached hydrogens (tertiary/aromatic N) is 4. The van der Waals surface area contributed by atoms with Crippen molar-refractivity contribution in [3.63, 3.8) is 0 Å². The molecule has 1 fully saturated rings. The third-order valence-electron chi connectivity index (χ3n) is 4.81. The topological polar surface area (TPSA) is 75.6 Å². The largest absolute Gasteiger partial charge is 0.378 e. The fraction of sp³-hybridized carbons (Fsp3) is 0.300. The van der Waals surface area contributed by atoms with E-state index in [4.69, 9.17) is 9.72 Å². The number of ether oxygens (including phenoxy) is 1. The van der Waals surface area contributed by atoms with Crippen molar-refractivity contribution in [2.24, 2.45) is 0 Å². The van der Waals surface area contributed by atoms with Gasteiger partial charge in [0.1, 0.15) is 5.82 Å². The highest BCUT2D eigenvalue weighted by Gasteiger charge is 2.18. The zero-order valence-electron chi connectivity index (χ0n) is 15.9. The second-order valence-corrected chi connectivity index (χ2v) is 9.00. The molecule has 0 saturated carbocycles. The van der Waals surface area contributed by atoms with Crippen LogP contribution in [0.25, 0.3) is 22.2 Å². The molecule has 0 amide bonds. The molecule has 0 N–H and O–H groups in total. The van der Waals surface area contributed by atoms with Gasteiger partial charge in [-0.05, 0) is 35.4 Å². The number of hydrogen-bond acceptors (Lipinski definition) is 6. The van der Waals surface area contributed by atoms with Gasteiger partial charge in [-0.1, -0.05) is 18.2 Å². The molecule has 0 radical (unpaired) electrons. The number of anilines is 1. The van der Waals surface area contributed by atoms with Crippen LogP contribution in [0, 0.1) is 0 Å². The lowest BCUT2D eigenvalue weighted by molar-refractivity contribution is 0.122. The maximum Gasteiger partial charge on any atom is 0.242 e. The second-order valence-electron chi connectivity index (χ2n) is 6.85. The summed E-state index contributed by atoms with van der Waals surface area (Å²) >= 11 is 0. The highest BCUT2D eigenvalue weighted by Crippen LogP contribution is 2.27. The maximum absolute atomic E-state index is 12.4. The molecule has 2 aromatic carbocycles. The molecule has 1 aromatic heterocycles. The average molecular weight is 398 g/mol. The van der Waals surface area contributed by atoms with Gasteiger partial charge < -0.3 is 9.64 Å². The van der Waals surface area contributed by atoms with Gasteiger partial charge in [-0.25, -0.2) is 17.7 Å². The Labute approximate surface area is 164 Å². The fourth-order valence-corrected chi connectivity index (χ4v) is 4.12. The van der Waals surface area contributed by atoms with Crippen LogP contribution in [0.3, 0.4) is 0 Å². The van der Waals surface area contributed by atoms with Crippen molar-refractivity contribution in [1.29, 1.82) is 0 Å². The molecule has 1 aliphatic heterocycles. The normalized spacial score (nSPS) is 15.3. The second kappa shape index (κ2) is 7.46. The summed E-state index contributed by atoms with van der Waals surface area (Å²) in [7, 11) is -0.427. The van der Waals surface area contributed by atoms with Crippen molar-refractivity contribution in [1.82, 2.24) is 14.3 Å². The Hall–Kier alpha value is -2.55.